The lowest BCUT2D eigenvalue weighted by Crippen LogP contribution is -2.13. The standard InChI is InChI=1S/C32H22O12/c1-3-15-5-7-17(23(29(37)38)21(15)27(33)34)9-11-19-13-14-20(26(32(43)44)25(19)31(41)42)12-10-18-8-6-16(4-2)22(28(35)36)24(18)30(39)40/h3-14H,1-2H2,(H,33,34)(H,35,36)(H,37,38)(H,39,40)(H,41,42)(H,43,44)/b11-9+,12-10+. The van der Waals surface area contributed by atoms with E-state index in [1.165, 1.54) is 36.4 Å². The van der Waals surface area contributed by atoms with Crippen LogP contribution in [0.1, 0.15) is 95.5 Å². The molecular formula is C32H22O12. The average Bonchev–Trinajstić information content (AvgIpc) is 2.96. The van der Waals surface area contributed by atoms with E-state index in [4.69, 9.17) is 0 Å². The highest BCUT2D eigenvalue weighted by Crippen LogP contribution is 2.28. The van der Waals surface area contributed by atoms with Crippen LogP contribution >= 0.6 is 0 Å². The van der Waals surface area contributed by atoms with E-state index >= 15 is 0 Å². The summed E-state index contributed by atoms with van der Waals surface area (Å²) < 4.78 is 0. The predicted molar refractivity (Wildman–Crippen MR) is 159 cm³/mol. The van der Waals surface area contributed by atoms with Gasteiger partial charge in [-0.25, -0.2) is 28.8 Å². The smallest absolute Gasteiger partial charge is 0.337 e. The van der Waals surface area contributed by atoms with Gasteiger partial charge in [-0.1, -0.05) is 86.0 Å². The molecule has 0 aliphatic rings. The van der Waals surface area contributed by atoms with E-state index in [0.29, 0.717) is 0 Å². The number of aromatic carboxylic acids is 6. The van der Waals surface area contributed by atoms with Gasteiger partial charge in [-0.2, -0.15) is 0 Å². The third kappa shape index (κ3) is 6.19. The highest BCUT2D eigenvalue weighted by molar-refractivity contribution is 6.10. The van der Waals surface area contributed by atoms with Gasteiger partial charge in [0.05, 0.1) is 33.4 Å². The summed E-state index contributed by atoms with van der Waals surface area (Å²) in [4.78, 5) is 72.0. The lowest BCUT2D eigenvalue weighted by atomic mass is 9.92. The van der Waals surface area contributed by atoms with Gasteiger partial charge in [0.15, 0.2) is 0 Å². The first-order valence-corrected chi connectivity index (χ1v) is 12.3. The van der Waals surface area contributed by atoms with Crippen LogP contribution in [0.5, 0.6) is 0 Å². The molecule has 0 saturated carbocycles. The molecule has 0 radical (unpaired) electrons. The topological polar surface area (TPSA) is 224 Å². The molecule has 44 heavy (non-hydrogen) atoms. The summed E-state index contributed by atoms with van der Waals surface area (Å²) >= 11 is 0. The molecule has 0 atom stereocenters. The Balaban J connectivity index is 2.24. The summed E-state index contributed by atoms with van der Waals surface area (Å²) in [6.07, 6.45) is 6.79. The van der Waals surface area contributed by atoms with Gasteiger partial charge >= 0.3 is 35.8 Å². The molecule has 3 rings (SSSR count). The number of carboxylic acid groups (broad SMARTS) is 6. The molecule has 0 fully saturated rings. The molecule has 0 aromatic heterocycles. The van der Waals surface area contributed by atoms with Crippen molar-refractivity contribution in [2.24, 2.45) is 0 Å². The first-order valence-electron chi connectivity index (χ1n) is 12.3. The van der Waals surface area contributed by atoms with Crippen molar-refractivity contribution in [3.05, 3.63) is 116 Å². The summed E-state index contributed by atoms with van der Waals surface area (Å²) in [5, 5.41) is 58.5. The van der Waals surface area contributed by atoms with Crippen LogP contribution in [0.3, 0.4) is 0 Å². The molecule has 12 nitrogen and oxygen atoms in total. The van der Waals surface area contributed by atoms with E-state index in [-0.39, 0.29) is 33.4 Å². The minimum absolute atomic E-state index is 0.0308. The number of hydrogen-bond donors (Lipinski definition) is 6. The molecule has 0 saturated heterocycles. The minimum atomic E-state index is -1.67. The van der Waals surface area contributed by atoms with Crippen LogP contribution in [-0.4, -0.2) is 66.5 Å². The van der Waals surface area contributed by atoms with Crippen molar-refractivity contribution in [1.82, 2.24) is 0 Å². The molecule has 0 amide bonds. The van der Waals surface area contributed by atoms with E-state index in [0.717, 1.165) is 36.5 Å². The van der Waals surface area contributed by atoms with Crippen LogP contribution in [-0.2, 0) is 0 Å². The Hall–Kier alpha value is -6.56. The molecule has 0 aliphatic carbocycles. The van der Waals surface area contributed by atoms with Crippen molar-refractivity contribution >= 4 is 72.3 Å². The number of hydrogen-bond acceptors (Lipinski definition) is 6. The molecule has 222 valence electrons. The van der Waals surface area contributed by atoms with Gasteiger partial charge in [0.2, 0.25) is 0 Å². The van der Waals surface area contributed by atoms with E-state index in [2.05, 4.69) is 13.2 Å². The first kappa shape index (κ1) is 32.0. The summed E-state index contributed by atoms with van der Waals surface area (Å²) in [6.45, 7) is 6.94. The first-order chi connectivity index (χ1) is 20.7. The quantitative estimate of drug-likeness (QED) is 0.142. The molecule has 12 heteroatoms. The lowest BCUT2D eigenvalue weighted by Gasteiger charge is -2.12. The van der Waals surface area contributed by atoms with Crippen LogP contribution in [0.15, 0.2) is 49.6 Å². The monoisotopic (exact) mass is 598 g/mol. The maximum absolute atomic E-state index is 12.3. The fourth-order valence-corrected chi connectivity index (χ4v) is 4.54. The van der Waals surface area contributed by atoms with Crippen LogP contribution < -0.4 is 0 Å². The minimum Gasteiger partial charge on any atom is -0.478 e. The molecule has 0 bridgehead atoms. The van der Waals surface area contributed by atoms with Gasteiger partial charge in [-0.05, 0) is 33.4 Å². The van der Waals surface area contributed by atoms with E-state index in [1.54, 1.807) is 0 Å². The van der Waals surface area contributed by atoms with Crippen LogP contribution in [0.25, 0.3) is 36.5 Å². The maximum atomic E-state index is 12.3. The van der Waals surface area contributed by atoms with Gasteiger partial charge in [-0.15, -0.1) is 0 Å². The zero-order chi connectivity index (χ0) is 32.9. The number of rotatable bonds is 12. The van der Waals surface area contributed by atoms with E-state index in [1.807, 2.05) is 0 Å². The third-order valence-corrected chi connectivity index (χ3v) is 6.42. The van der Waals surface area contributed by atoms with Crippen molar-refractivity contribution in [3.63, 3.8) is 0 Å². The van der Waals surface area contributed by atoms with E-state index < -0.39 is 69.2 Å². The molecule has 6 N–H and O–H groups in total. The lowest BCUT2D eigenvalue weighted by molar-refractivity contribution is 0.0651. The third-order valence-electron chi connectivity index (χ3n) is 6.42. The Bertz CT molecular complexity index is 1720. The van der Waals surface area contributed by atoms with Gasteiger partial charge in [0, 0.05) is 0 Å². The fraction of sp³-hybridized carbons (Fsp3) is 0. The predicted octanol–water partition coefficient (Wildman–Crippen LogP) is 5.50. The normalized spacial score (nSPS) is 10.9. The van der Waals surface area contributed by atoms with E-state index in [9.17, 15) is 59.4 Å². The van der Waals surface area contributed by atoms with Gasteiger partial charge in [0.1, 0.15) is 0 Å². The zero-order valence-electron chi connectivity index (χ0n) is 22.5. The van der Waals surface area contributed by atoms with Crippen molar-refractivity contribution in [1.29, 1.82) is 0 Å². The fourth-order valence-electron chi connectivity index (χ4n) is 4.54. The van der Waals surface area contributed by atoms with Crippen molar-refractivity contribution in [3.8, 4) is 0 Å². The van der Waals surface area contributed by atoms with Crippen LogP contribution in [0, 0.1) is 0 Å². The summed E-state index contributed by atoms with van der Waals surface area (Å²) in [5.41, 5.74) is -4.23. The second kappa shape index (κ2) is 13.0. The molecule has 0 aliphatic heterocycles. The van der Waals surface area contributed by atoms with Gasteiger partial charge < -0.3 is 30.6 Å². The number of benzene rings is 3. The summed E-state index contributed by atoms with van der Waals surface area (Å²) in [5.74, 6) is -9.57. The SMILES string of the molecule is C=Cc1ccc(/C=C/c2ccc(/C=C/c3ccc(C=C)c(C(=O)O)c3C(=O)O)c(C(=O)O)c2C(=O)O)c(C(=O)O)c1C(=O)O. The highest BCUT2D eigenvalue weighted by atomic mass is 16.4. The Labute approximate surface area is 248 Å². The van der Waals surface area contributed by atoms with Crippen molar-refractivity contribution in [2.45, 2.75) is 0 Å². The summed E-state index contributed by atoms with van der Waals surface area (Å²) in [6, 6.07) is 7.60. The average molecular weight is 599 g/mol. The number of carboxylic acids is 6. The molecular weight excluding hydrogens is 576 g/mol. The Morgan fingerprint density at radius 2 is 0.523 bits per heavy atom. The Morgan fingerprint density at radius 3 is 0.682 bits per heavy atom. The molecule has 3 aromatic rings. The molecule has 0 heterocycles. The van der Waals surface area contributed by atoms with Crippen LogP contribution in [0.2, 0.25) is 0 Å². The second-order valence-corrected chi connectivity index (χ2v) is 8.89. The van der Waals surface area contributed by atoms with Gasteiger partial charge in [0.25, 0.3) is 0 Å². The maximum Gasteiger partial charge on any atom is 0.337 e. The summed E-state index contributed by atoms with van der Waals surface area (Å²) in [7, 11) is 0. The Kier molecular flexibility index (Phi) is 9.41. The van der Waals surface area contributed by atoms with Crippen molar-refractivity contribution in [2.75, 3.05) is 0 Å². The Morgan fingerprint density at radius 1 is 0.364 bits per heavy atom. The largest absolute Gasteiger partial charge is 0.478 e. The molecule has 0 spiro atoms. The van der Waals surface area contributed by atoms with Crippen LogP contribution in [0.4, 0.5) is 0 Å². The zero-order valence-corrected chi connectivity index (χ0v) is 22.5. The molecule has 3 aromatic carbocycles. The highest BCUT2D eigenvalue weighted by Gasteiger charge is 2.25. The van der Waals surface area contributed by atoms with Gasteiger partial charge in [-0.3, -0.25) is 0 Å². The molecule has 0 unspecified atom stereocenters. The van der Waals surface area contributed by atoms with Crippen molar-refractivity contribution < 1.29 is 59.4 Å². The second-order valence-electron chi connectivity index (χ2n) is 8.89. The number of carbonyl (C=O) groups is 6.